The Morgan fingerprint density at radius 1 is 1.14 bits per heavy atom. The van der Waals surface area contributed by atoms with Gasteiger partial charge in [-0.3, -0.25) is 0 Å². The van der Waals surface area contributed by atoms with Crippen LogP contribution in [0.4, 0.5) is 13.2 Å². The molecule has 1 N–H and O–H groups in total. The molecule has 0 saturated carbocycles. The summed E-state index contributed by atoms with van der Waals surface area (Å²) in [6.07, 6.45) is -4.47. The molecule has 2 aromatic rings. The second kappa shape index (κ2) is 6.37. The summed E-state index contributed by atoms with van der Waals surface area (Å²) in [4.78, 5) is 0. The highest BCUT2D eigenvalue weighted by Crippen LogP contribution is 2.38. The minimum Gasteiger partial charge on any atom is -0.457 e. The summed E-state index contributed by atoms with van der Waals surface area (Å²) in [5.41, 5.74) is 0.0241. The largest absolute Gasteiger partial charge is 0.457 e. The van der Waals surface area contributed by atoms with Crippen molar-refractivity contribution in [2.24, 2.45) is 0 Å². The van der Waals surface area contributed by atoms with Gasteiger partial charge in [0.2, 0.25) is 0 Å². The summed E-state index contributed by atoms with van der Waals surface area (Å²) < 4.78 is 44.0. The van der Waals surface area contributed by atoms with Crippen molar-refractivity contribution in [1.82, 2.24) is 5.32 Å². The smallest absolute Gasteiger partial charge is 0.419 e. The maximum atomic E-state index is 12.9. The van der Waals surface area contributed by atoms with Gasteiger partial charge in [0.05, 0.1) is 5.56 Å². The van der Waals surface area contributed by atoms with Gasteiger partial charge in [0.15, 0.2) is 0 Å². The molecule has 0 fully saturated rings. The summed E-state index contributed by atoms with van der Waals surface area (Å²) >= 11 is 6.06. The van der Waals surface area contributed by atoms with E-state index in [1.165, 1.54) is 24.3 Å². The van der Waals surface area contributed by atoms with Crippen LogP contribution in [-0.4, -0.2) is 7.05 Å². The number of ether oxygens (including phenoxy) is 1. The molecule has 0 heterocycles. The van der Waals surface area contributed by atoms with E-state index in [4.69, 9.17) is 16.3 Å². The van der Waals surface area contributed by atoms with Crippen LogP contribution in [-0.2, 0) is 12.7 Å². The Labute approximate surface area is 125 Å². The highest BCUT2D eigenvalue weighted by atomic mass is 35.5. The van der Waals surface area contributed by atoms with Crippen LogP contribution in [0.5, 0.6) is 11.5 Å². The summed E-state index contributed by atoms with van der Waals surface area (Å²) in [7, 11) is 1.78. The highest BCUT2D eigenvalue weighted by Gasteiger charge is 2.34. The molecule has 0 aromatic heterocycles. The molecule has 2 aromatic carbocycles. The summed E-state index contributed by atoms with van der Waals surface area (Å²) in [6.45, 7) is 0.568. The van der Waals surface area contributed by atoms with E-state index in [9.17, 15) is 13.2 Å². The number of halogens is 4. The number of alkyl halides is 3. The van der Waals surface area contributed by atoms with Gasteiger partial charge in [-0.1, -0.05) is 29.8 Å². The zero-order valence-corrected chi connectivity index (χ0v) is 11.9. The first-order chi connectivity index (χ1) is 9.91. The van der Waals surface area contributed by atoms with Crippen LogP contribution in [0.25, 0.3) is 0 Å². The van der Waals surface area contributed by atoms with Crippen molar-refractivity contribution in [2.45, 2.75) is 12.7 Å². The molecule has 0 bridgehead atoms. The van der Waals surface area contributed by atoms with Crippen molar-refractivity contribution < 1.29 is 17.9 Å². The molecule has 112 valence electrons. The summed E-state index contributed by atoms with van der Waals surface area (Å²) in [5.74, 6) is 0.0130. The van der Waals surface area contributed by atoms with Crippen LogP contribution in [0.15, 0.2) is 42.5 Å². The average Bonchev–Trinajstić information content (AvgIpc) is 2.41. The Hall–Kier alpha value is -1.72. The zero-order chi connectivity index (χ0) is 15.5. The molecule has 6 heteroatoms. The van der Waals surface area contributed by atoms with Crippen LogP contribution in [0.3, 0.4) is 0 Å². The summed E-state index contributed by atoms with van der Waals surface area (Å²) in [5, 5.41) is 3.39. The van der Waals surface area contributed by atoms with E-state index >= 15 is 0 Å². The van der Waals surface area contributed by atoms with Crippen LogP contribution >= 0.6 is 11.6 Å². The fraction of sp³-hybridized carbons (Fsp3) is 0.200. The Kier molecular flexibility index (Phi) is 4.75. The first-order valence-corrected chi connectivity index (χ1v) is 6.56. The highest BCUT2D eigenvalue weighted by molar-refractivity contribution is 6.31. The molecule has 21 heavy (non-hydrogen) atoms. The molecule has 0 amide bonds. The van der Waals surface area contributed by atoms with Crippen LogP contribution in [0, 0.1) is 0 Å². The molecular formula is C15H13ClF3NO. The lowest BCUT2D eigenvalue weighted by atomic mass is 10.2. The Balaban J connectivity index is 2.29. The van der Waals surface area contributed by atoms with Gasteiger partial charge < -0.3 is 10.1 Å². The van der Waals surface area contributed by atoms with E-state index in [2.05, 4.69) is 5.32 Å². The molecule has 0 spiro atoms. The molecule has 0 atom stereocenters. The number of benzene rings is 2. The maximum absolute atomic E-state index is 12.9. The third-order valence-electron chi connectivity index (χ3n) is 2.81. The van der Waals surface area contributed by atoms with Crippen molar-refractivity contribution >= 4 is 11.6 Å². The van der Waals surface area contributed by atoms with Crippen molar-refractivity contribution in [3.63, 3.8) is 0 Å². The second-order valence-corrected chi connectivity index (χ2v) is 4.79. The number of hydrogen-bond acceptors (Lipinski definition) is 2. The lowest BCUT2D eigenvalue weighted by molar-refractivity contribution is -0.138. The van der Waals surface area contributed by atoms with Crippen molar-refractivity contribution in [3.8, 4) is 11.5 Å². The van der Waals surface area contributed by atoms with Crippen molar-refractivity contribution in [1.29, 1.82) is 0 Å². The fourth-order valence-corrected chi connectivity index (χ4v) is 2.08. The van der Waals surface area contributed by atoms with Gasteiger partial charge in [-0.05, 0) is 36.9 Å². The van der Waals surface area contributed by atoms with Gasteiger partial charge in [0.25, 0.3) is 0 Å². The molecule has 0 aliphatic carbocycles. The van der Waals surface area contributed by atoms with Crippen LogP contribution in [0.2, 0.25) is 5.02 Å². The molecule has 2 rings (SSSR count). The van der Waals surface area contributed by atoms with Crippen molar-refractivity contribution in [2.75, 3.05) is 7.05 Å². The first-order valence-electron chi connectivity index (χ1n) is 6.19. The average molecular weight is 316 g/mol. The molecule has 0 saturated heterocycles. The Morgan fingerprint density at radius 3 is 2.48 bits per heavy atom. The third kappa shape index (κ3) is 3.89. The molecule has 0 unspecified atom stereocenters. The van der Waals surface area contributed by atoms with Gasteiger partial charge in [-0.2, -0.15) is 13.2 Å². The number of hydrogen-bond donors (Lipinski definition) is 1. The zero-order valence-electron chi connectivity index (χ0n) is 11.2. The van der Waals surface area contributed by atoms with Gasteiger partial charge in [0, 0.05) is 11.6 Å². The topological polar surface area (TPSA) is 21.3 Å². The predicted molar refractivity (Wildman–Crippen MR) is 75.7 cm³/mol. The number of nitrogens with one attached hydrogen (secondary N) is 1. The van der Waals surface area contributed by atoms with Crippen molar-refractivity contribution in [3.05, 3.63) is 58.6 Å². The van der Waals surface area contributed by atoms with Gasteiger partial charge in [-0.25, -0.2) is 0 Å². The van der Waals surface area contributed by atoms with E-state index in [1.807, 2.05) is 0 Å². The molecule has 0 radical (unpaired) electrons. The van der Waals surface area contributed by atoms with E-state index in [-0.39, 0.29) is 11.5 Å². The first kappa shape index (κ1) is 15.7. The molecule has 0 aliphatic heterocycles. The maximum Gasteiger partial charge on any atom is 0.419 e. The number of rotatable bonds is 4. The fourth-order valence-electron chi connectivity index (χ4n) is 1.84. The lowest BCUT2D eigenvalue weighted by Crippen LogP contribution is -2.07. The van der Waals surface area contributed by atoms with E-state index in [1.54, 1.807) is 19.2 Å². The van der Waals surface area contributed by atoms with Crippen LogP contribution in [0.1, 0.15) is 11.1 Å². The molecule has 2 nitrogen and oxygen atoms in total. The minimum atomic E-state index is -4.47. The van der Waals surface area contributed by atoms with Gasteiger partial charge in [0.1, 0.15) is 11.5 Å². The monoisotopic (exact) mass is 315 g/mol. The van der Waals surface area contributed by atoms with E-state index < -0.39 is 11.7 Å². The lowest BCUT2D eigenvalue weighted by Gasteiger charge is -2.14. The van der Waals surface area contributed by atoms with Crippen LogP contribution < -0.4 is 10.1 Å². The SMILES string of the molecule is CNCc1ccc(Oc2ccccc2C(F)(F)F)cc1Cl. The Bertz CT molecular complexity index is 629. The van der Waals surface area contributed by atoms with E-state index in [0.29, 0.717) is 11.6 Å². The molecular weight excluding hydrogens is 303 g/mol. The number of para-hydroxylation sites is 1. The van der Waals surface area contributed by atoms with E-state index in [0.717, 1.165) is 11.6 Å². The third-order valence-corrected chi connectivity index (χ3v) is 3.16. The van der Waals surface area contributed by atoms with Gasteiger partial charge >= 0.3 is 6.18 Å². The minimum absolute atomic E-state index is 0.248. The predicted octanol–water partition coefficient (Wildman–Crippen LogP) is 4.87. The Morgan fingerprint density at radius 2 is 1.86 bits per heavy atom. The molecule has 0 aliphatic rings. The standard InChI is InChI=1S/C15H13ClF3NO/c1-20-9-10-6-7-11(8-13(10)16)21-14-5-3-2-4-12(14)15(17,18)19/h2-8,20H,9H2,1H3. The normalized spacial score (nSPS) is 11.5. The quantitative estimate of drug-likeness (QED) is 0.869. The second-order valence-electron chi connectivity index (χ2n) is 4.38. The summed E-state index contributed by atoms with van der Waals surface area (Å²) in [6, 6.07) is 9.86. The van der Waals surface area contributed by atoms with Gasteiger partial charge in [-0.15, -0.1) is 0 Å².